The molecule has 2 aromatic carbocycles. The quantitative estimate of drug-likeness (QED) is 0.565. The second kappa shape index (κ2) is 10.0. The molecule has 0 saturated carbocycles. The summed E-state index contributed by atoms with van der Waals surface area (Å²) in [5.74, 6) is -1.93. The third-order valence-electron chi connectivity index (χ3n) is 5.69. The molecule has 0 bridgehead atoms. The van der Waals surface area contributed by atoms with Gasteiger partial charge < -0.3 is 25.2 Å². The van der Waals surface area contributed by atoms with Gasteiger partial charge in [0.15, 0.2) is 0 Å². The van der Waals surface area contributed by atoms with Crippen molar-refractivity contribution in [2.75, 3.05) is 20.3 Å². The highest BCUT2D eigenvalue weighted by Gasteiger charge is 2.35. The zero-order valence-corrected chi connectivity index (χ0v) is 19.3. The lowest BCUT2D eigenvalue weighted by molar-refractivity contribution is -0.145. The van der Waals surface area contributed by atoms with E-state index in [1.165, 1.54) is 7.11 Å². The minimum absolute atomic E-state index is 0.0981. The van der Waals surface area contributed by atoms with Gasteiger partial charge in [-0.25, -0.2) is 9.59 Å². The number of carboxylic acid groups (broad SMARTS) is 1. The number of hydrogen-bond acceptors (Lipinski definition) is 5. The van der Waals surface area contributed by atoms with Gasteiger partial charge in [-0.05, 0) is 27.7 Å². The smallest absolute Gasteiger partial charge is 0.407 e. The van der Waals surface area contributed by atoms with E-state index < -0.39 is 35.5 Å². The standard InChI is InChI=1S/C25H30N2O6/c1-25(2,3)21(23(29)30)27-22(28)20(14-32-4)26-24(31)33-13-19-17-11-7-5-9-15(17)16-10-6-8-12-18(16)19/h5-12,19-21H,13-14H2,1-4H3,(H,26,31)(H,27,28)(H,29,30)/t20?,21-/m0/s1. The van der Waals surface area contributed by atoms with Crippen LogP contribution in [-0.2, 0) is 19.1 Å². The second-order valence-electron chi connectivity index (χ2n) is 9.12. The van der Waals surface area contributed by atoms with Crippen molar-refractivity contribution in [3.05, 3.63) is 59.7 Å². The molecule has 0 aliphatic heterocycles. The first kappa shape index (κ1) is 24.3. The lowest BCUT2D eigenvalue weighted by atomic mass is 9.86. The van der Waals surface area contributed by atoms with Gasteiger partial charge in [-0.2, -0.15) is 0 Å². The molecule has 0 saturated heterocycles. The SMILES string of the molecule is COCC(NC(=O)OCC1c2ccccc2-c2ccccc21)C(=O)N[C@@H](C(=O)O)C(C)(C)C. The Balaban J connectivity index is 1.66. The number of hydrogen-bond donors (Lipinski definition) is 3. The van der Waals surface area contributed by atoms with E-state index in [4.69, 9.17) is 9.47 Å². The average Bonchev–Trinajstić information content (AvgIpc) is 3.08. The number of methoxy groups -OCH3 is 1. The summed E-state index contributed by atoms with van der Waals surface area (Å²) >= 11 is 0. The highest BCUT2D eigenvalue weighted by molar-refractivity contribution is 5.89. The van der Waals surface area contributed by atoms with Crippen molar-refractivity contribution in [3.63, 3.8) is 0 Å². The lowest BCUT2D eigenvalue weighted by Crippen LogP contribution is -2.56. The van der Waals surface area contributed by atoms with E-state index >= 15 is 0 Å². The summed E-state index contributed by atoms with van der Waals surface area (Å²) < 4.78 is 10.5. The van der Waals surface area contributed by atoms with Crippen LogP contribution in [0.4, 0.5) is 4.79 Å². The van der Waals surface area contributed by atoms with Crippen LogP contribution in [0.25, 0.3) is 11.1 Å². The molecule has 176 valence electrons. The molecule has 8 heteroatoms. The molecule has 1 aliphatic carbocycles. The van der Waals surface area contributed by atoms with Crippen molar-refractivity contribution in [1.29, 1.82) is 0 Å². The van der Waals surface area contributed by atoms with Gasteiger partial charge in [0.25, 0.3) is 0 Å². The monoisotopic (exact) mass is 454 g/mol. The van der Waals surface area contributed by atoms with Gasteiger partial charge in [-0.3, -0.25) is 4.79 Å². The van der Waals surface area contributed by atoms with Gasteiger partial charge in [0.05, 0.1) is 6.61 Å². The number of aliphatic carboxylic acids is 1. The van der Waals surface area contributed by atoms with Crippen LogP contribution in [0.1, 0.15) is 37.8 Å². The molecular formula is C25H30N2O6. The van der Waals surface area contributed by atoms with E-state index in [0.717, 1.165) is 22.3 Å². The fourth-order valence-electron chi connectivity index (χ4n) is 4.02. The molecule has 2 atom stereocenters. The average molecular weight is 455 g/mol. The van der Waals surface area contributed by atoms with Gasteiger partial charge >= 0.3 is 12.1 Å². The summed E-state index contributed by atoms with van der Waals surface area (Å²) in [7, 11) is 1.39. The normalized spacial score (nSPS) is 14.5. The van der Waals surface area contributed by atoms with E-state index in [9.17, 15) is 19.5 Å². The molecule has 3 rings (SSSR count). The Kier molecular flexibility index (Phi) is 7.38. The Labute approximate surface area is 193 Å². The lowest BCUT2D eigenvalue weighted by Gasteiger charge is -2.29. The van der Waals surface area contributed by atoms with Crippen molar-refractivity contribution in [3.8, 4) is 11.1 Å². The molecule has 2 aromatic rings. The predicted molar refractivity (Wildman–Crippen MR) is 123 cm³/mol. The summed E-state index contributed by atoms with van der Waals surface area (Å²) in [6.45, 7) is 5.08. The third kappa shape index (κ3) is 5.51. The van der Waals surface area contributed by atoms with Gasteiger partial charge in [0, 0.05) is 13.0 Å². The number of amides is 2. The van der Waals surface area contributed by atoms with Crippen molar-refractivity contribution < 1.29 is 29.0 Å². The maximum atomic E-state index is 12.7. The first-order valence-electron chi connectivity index (χ1n) is 10.8. The van der Waals surface area contributed by atoms with Crippen LogP contribution >= 0.6 is 0 Å². The summed E-state index contributed by atoms with van der Waals surface area (Å²) in [5, 5.41) is 14.4. The molecule has 3 N–H and O–H groups in total. The summed E-state index contributed by atoms with van der Waals surface area (Å²) in [5.41, 5.74) is 3.66. The molecule has 0 spiro atoms. The number of rotatable bonds is 8. The maximum absolute atomic E-state index is 12.7. The Hall–Kier alpha value is -3.39. The summed E-state index contributed by atoms with van der Waals surface area (Å²) in [6.07, 6.45) is -0.781. The first-order chi connectivity index (χ1) is 15.6. The van der Waals surface area contributed by atoms with E-state index in [0.29, 0.717) is 0 Å². The van der Waals surface area contributed by atoms with Gasteiger partial charge in [-0.15, -0.1) is 0 Å². The Bertz CT molecular complexity index is 984. The number of fused-ring (bicyclic) bond motifs is 3. The number of alkyl carbamates (subject to hydrolysis) is 1. The van der Waals surface area contributed by atoms with E-state index in [2.05, 4.69) is 10.6 Å². The maximum Gasteiger partial charge on any atom is 0.407 e. The molecule has 1 aliphatic rings. The van der Waals surface area contributed by atoms with Crippen molar-refractivity contribution >= 4 is 18.0 Å². The van der Waals surface area contributed by atoms with E-state index in [-0.39, 0.29) is 19.1 Å². The fourth-order valence-corrected chi connectivity index (χ4v) is 4.02. The number of benzene rings is 2. The zero-order valence-electron chi connectivity index (χ0n) is 19.3. The van der Waals surface area contributed by atoms with Crippen LogP contribution in [0.2, 0.25) is 0 Å². The summed E-state index contributed by atoms with van der Waals surface area (Å²) in [4.78, 5) is 36.8. The minimum atomic E-state index is -1.16. The van der Waals surface area contributed by atoms with Crippen molar-refractivity contribution in [2.45, 2.75) is 38.8 Å². The largest absolute Gasteiger partial charge is 0.480 e. The number of nitrogens with one attached hydrogen (secondary N) is 2. The molecule has 0 fully saturated rings. The fraction of sp³-hybridized carbons (Fsp3) is 0.400. The third-order valence-corrected chi connectivity index (χ3v) is 5.69. The Morgan fingerprint density at radius 2 is 1.52 bits per heavy atom. The van der Waals surface area contributed by atoms with Crippen LogP contribution in [0.15, 0.2) is 48.5 Å². The Morgan fingerprint density at radius 1 is 0.970 bits per heavy atom. The zero-order chi connectivity index (χ0) is 24.2. The number of carboxylic acids is 1. The van der Waals surface area contributed by atoms with E-state index in [1.807, 2.05) is 48.5 Å². The molecule has 33 heavy (non-hydrogen) atoms. The number of ether oxygens (including phenoxy) is 2. The van der Waals surface area contributed by atoms with Crippen LogP contribution in [0.3, 0.4) is 0 Å². The molecule has 8 nitrogen and oxygen atoms in total. The highest BCUT2D eigenvalue weighted by Crippen LogP contribution is 2.44. The molecule has 0 heterocycles. The van der Waals surface area contributed by atoms with Crippen LogP contribution < -0.4 is 10.6 Å². The van der Waals surface area contributed by atoms with Crippen LogP contribution in [0, 0.1) is 5.41 Å². The number of carbonyl (C=O) groups is 3. The minimum Gasteiger partial charge on any atom is -0.480 e. The number of carbonyl (C=O) groups excluding carboxylic acids is 2. The van der Waals surface area contributed by atoms with Crippen LogP contribution in [-0.4, -0.2) is 55.5 Å². The highest BCUT2D eigenvalue weighted by atomic mass is 16.5. The van der Waals surface area contributed by atoms with Gasteiger partial charge in [0.2, 0.25) is 5.91 Å². The second-order valence-corrected chi connectivity index (χ2v) is 9.12. The Morgan fingerprint density at radius 3 is 2.00 bits per heavy atom. The van der Waals surface area contributed by atoms with Gasteiger partial charge in [0.1, 0.15) is 18.7 Å². The van der Waals surface area contributed by atoms with Crippen LogP contribution in [0.5, 0.6) is 0 Å². The van der Waals surface area contributed by atoms with Crippen molar-refractivity contribution in [1.82, 2.24) is 10.6 Å². The van der Waals surface area contributed by atoms with E-state index in [1.54, 1.807) is 20.8 Å². The summed E-state index contributed by atoms with van der Waals surface area (Å²) in [6, 6.07) is 13.7. The van der Waals surface area contributed by atoms with Crippen molar-refractivity contribution in [2.24, 2.45) is 5.41 Å². The molecular weight excluding hydrogens is 424 g/mol. The molecule has 0 aromatic heterocycles. The van der Waals surface area contributed by atoms with Gasteiger partial charge in [-0.1, -0.05) is 69.3 Å². The predicted octanol–water partition coefficient (Wildman–Crippen LogP) is 3.16. The molecule has 2 amide bonds. The first-order valence-corrected chi connectivity index (χ1v) is 10.8. The topological polar surface area (TPSA) is 114 Å². The molecule has 1 unspecified atom stereocenters. The molecule has 0 radical (unpaired) electrons.